The van der Waals surface area contributed by atoms with Crippen LogP contribution in [0.1, 0.15) is 16.8 Å². The standard InChI is InChI=1S/C16H14FN3O3/c1-2-10-12(17)4-3-5-14(10)23-15-11-6-7-20(16(21)22)8-13(11)18-9-19-15/h2-5,9H,1,6-8H2,(H,21,22). The SMILES string of the molecule is C=Cc1c(F)cccc1Oc1ncnc2c1CCN(C(=O)O)C2. The summed E-state index contributed by atoms with van der Waals surface area (Å²) in [7, 11) is 0. The van der Waals surface area contributed by atoms with Crippen molar-refractivity contribution in [2.75, 3.05) is 6.54 Å². The molecular weight excluding hydrogens is 301 g/mol. The molecule has 0 spiro atoms. The van der Waals surface area contributed by atoms with Crippen LogP contribution in [0.15, 0.2) is 31.1 Å². The normalized spacial score (nSPS) is 13.3. The number of carboxylic acid groups (broad SMARTS) is 1. The van der Waals surface area contributed by atoms with Crippen LogP contribution in [0.5, 0.6) is 11.6 Å². The van der Waals surface area contributed by atoms with Crippen molar-refractivity contribution in [3.8, 4) is 11.6 Å². The first-order valence-electron chi connectivity index (χ1n) is 6.99. The second kappa shape index (κ2) is 6.04. The van der Waals surface area contributed by atoms with E-state index >= 15 is 0 Å². The summed E-state index contributed by atoms with van der Waals surface area (Å²) < 4.78 is 19.5. The molecule has 0 radical (unpaired) electrons. The lowest BCUT2D eigenvalue weighted by Crippen LogP contribution is -2.35. The third-order valence-corrected chi connectivity index (χ3v) is 3.66. The highest BCUT2D eigenvalue weighted by molar-refractivity contribution is 5.65. The summed E-state index contributed by atoms with van der Waals surface area (Å²) in [6, 6.07) is 4.49. The fraction of sp³-hybridized carbons (Fsp3) is 0.188. The number of rotatable bonds is 3. The molecule has 0 unspecified atom stereocenters. The van der Waals surface area contributed by atoms with Gasteiger partial charge in [-0.15, -0.1) is 0 Å². The van der Waals surface area contributed by atoms with Crippen molar-refractivity contribution in [1.29, 1.82) is 0 Å². The first-order valence-corrected chi connectivity index (χ1v) is 6.99. The molecule has 118 valence electrons. The van der Waals surface area contributed by atoms with Gasteiger partial charge in [-0.25, -0.2) is 19.2 Å². The van der Waals surface area contributed by atoms with E-state index in [1.54, 1.807) is 6.07 Å². The number of benzene rings is 1. The van der Waals surface area contributed by atoms with Crippen LogP contribution in [-0.4, -0.2) is 32.6 Å². The minimum atomic E-state index is -0.990. The van der Waals surface area contributed by atoms with Gasteiger partial charge in [0.05, 0.1) is 17.8 Å². The fourth-order valence-electron chi connectivity index (χ4n) is 2.48. The van der Waals surface area contributed by atoms with Gasteiger partial charge in [-0.1, -0.05) is 18.7 Å². The molecule has 3 rings (SSSR count). The summed E-state index contributed by atoms with van der Waals surface area (Å²) >= 11 is 0. The summed E-state index contributed by atoms with van der Waals surface area (Å²) in [5, 5.41) is 9.07. The summed E-state index contributed by atoms with van der Waals surface area (Å²) in [6.45, 7) is 4.10. The summed E-state index contributed by atoms with van der Waals surface area (Å²) in [6.07, 6.45) is 2.14. The van der Waals surface area contributed by atoms with Gasteiger partial charge in [-0.05, 0) is 18.6 Å². The van der Waals surface area contributed by atoms with Crippen molar-refractivity contribution in [3.63, 3.8) is 0 Å². The molecule has 2 aromatic rings. The number of aromatic nitrogens is 2. The Hall–Kier alpha value is -2.96. The van der Waals surface area contributed by atoms with Gasteiger partial charge in [0, 0.05) is 12.1 Å². The Morgan fingerprint density at radius 3 is 3.00 bits per heavy atom. The molecule has 7 heteroatoms. The molecule has 0 aliphatic carbocycles. The number of halogens is 1. The van der Waals surface area contributed by atoms with Crippen LogP contribution in [0.4, 0.5) is 9.18 Å². The van der Waals surface area contributed by atoms with Crippen molar-refractivity contribution in [3.05, 3.63) is 53.7 Å². The minimum Gasteiger partial charge on any atom is -0.465 e. The second-order valence-corrected chi connectivity index (χ2v) is 5.02. The molecule has 1 aromatic carbocycles. The van der Waals surface area contributed by atoms with Crippen molar-refractivity contribution < 1.29 is 19.0 Å². The zero-order valence-electron chi connectivity index (χ0n) is 12.2. The molecule has 1 N–H and O–H groups in total. The van der Waals surface area contributed by atoms with E-state index in [2.05, 4.69) is 16.5 Å². The first kappa shape index (κ1) is 15.0. The lowest BCUT2D eigenvalue weighted by molar-refractivity contribution is 0.138. The number of fused-ring (bicyclic) bond motifs is 1. The summed E-state index contributed by atoms with van der Waals surface area (Å²) in [4.78, 5) is 20.6. The highest BCUT2D eigenvalue weighted by Gasteiger charge is 2.25. The average Bonchev–Trinajstić information content (AvgIpc) is 2.55. The van der Waals surface area contributed by atoms with Gasteiger partial charge in [-0.2, -0.15) is 0 Å². The molecule has 1 amide bonds. The molecule has 2 heterocycles. The third kappa shape index (κ3) is 2.85. The van der Waals surface area contributed by atoms with Crippen LogP contribution in [0.25, 0.3) is 6.08 Å². The number of hydrogen-bond acceptors (Lipinski definition) is 4. The Morgan fingerprint density at radius 2 is 2.26 bits per heavy atom. The molecule has 0 saturated heterocycles. The van der Waals surface area contributed by atoms with E-state index in [0.29, 0.717) is 30.3 Å². The van der Waals surface area contributed by atoms with Gasteiger partial charge in [0.25, 0.3) is 0 Å². The molecule has 0 saturated carbocycles. The van der Waals surface area contributed by atoms with E-state index in [9.17, 15) is 9.18 Å². The van der Waals surface area contributed by atoms with Gasteiger partial charge < -0.3 is 14.7 Å². The topological polar surface area (TPSA) is 75.6 Å². The highest BCUT2D eigenvalue weighted by atomic mass is 19.1. The average molecular weight is 315 g/mol. The fourth-order valence-corrected chi connectivity index (χ4v) is 2.48. The van der Waals surface area contributed by atoms with Crippen molar-refractivity contribution in [2.45, 2.75) is 13.0 Å². The Balaban J connectivity index is 1.94. The number of hydrogen-bond donors (Lipinski definition) is 1. The molecule has 1 aliphatic rings. The van der Waals surface area contributed by atoms with E-state index < -0.39 is 11.9 Å². The monoisotopic (exact) mass is 315 g/mol. The Bertz CT molecular complexity index is 779. The maximum absolute atomic E-state index is 13.8. The molecule has 23 heavy (non-hydrogen) atoms. The third-order valence-electron chi connectivity index (χ3n) is 3.66. The van der Waals surface area contributed by atoms with Crippen molar-refractivity contribution in [2.24, 2.45) is 0 Å². The van der Waals surface area contributed by atoms with Gasteiger partial charge in [-0.3, -0.25) is 0 Å². The van der Waals surface area contributed by atoms with Crippen LogP contribution >= 0.6 is 0 Å². The zero-order chi connectivity index (χ0) is 16.4. The van der Waals surface area contributed by atoms with Gasteiger partial charge in [0.15, 0.2) is 0 Å². The highest BCUT2D eigenvalue weighted by Crippen LogP contribution is 2.31. The van der Waals surface area contributed by atoms with Gasteiger partial charge in [0.1, 0.15) is 17.9 Å². The predicted octanol–water partition coefficient (Wildman–Crippen LogP) is 3.09. The Kier molecular flexibility index (Phi) is 3.92. The lowest BCUT2D eigenvalue weighted by atomic mass is 10.1. The molecule has 1 aliphatic heterocycles. The molecule has 6 nitrogen and oxygen atoms in total. The molecular formula is C16H14FN3O3. The number of amides is 1. The number of ether oxygens (including phenoxy) is 1. The van der Waals surface area contributed by atoms with Crippen molar-refractivity contribution in [1.82, 2.24) is 14.9 Å². The van der Waals surface area contributed by atoms with E-state index in [4.69, 9.17) is 9.84 Å². The molecule has 0 bridgehead atoms. The first-order chi connectivity index (χ1) is 11.1. The van der Waals surface area contributed by atoms with E-state index in [1.165, 1.54) is 29.4 Å². The lowest BCUT2D eigenvalue weighted by Gasteiger charge is -2.26. The molecule has 1 aromatic heterocycles. The maximum atomic E-state index is 13.8. The van der Waals surface area contributed by atoms with Crippen molar-refractivity contribution >= 4 is 12.2 Å². The quantitative estimate of drug-likeness (QED) is 0.942. The smallest absolute Gasteiger partial charge is 0.407 e. The Labute approximate surface area is 131 Å². The van der Waals surface area contributed by atoms with E-state index in [-0.39, 0.29) is 12.1 Å². The van der Waals surface area contributed by atoms with Crippen LogP contribution in [0.2, 0.25) is 0 Å². The zero-order valence-corrected chi connectivity index (χ0v) is 12.2. The van der Waals surface area contributed by atoms with Gasteiger partial charge in [0.2, 0.25) is 5.88 Å². The minimum absolute atomic E-state index is 0.182. The largest absolute Gasteiger partial charge is 0.465 e. The Morgan fingerprint density at radius 1 is 1.43 bits per heavy atom. The molecule has 0 fully saturated rings. The second-order valence-electron chi connectivity index (χ2n) is 5.02. The summed E-state index contributed by atoms with van der Waals surface area (Å²) in [5.74, 6) is 0.188. The van der Waals surface area contributed by atoms with Crippen LogP contribution in [0, 0.1) is 5.82 Å². The number of nitrogens with zero attached hydrogens (tertiary/aromatic N) is 3. The van der Waals surface area contributed by atoms with Crippen LogP contribution in [0.3, 0.4) is 0 Å². The van der Waals surface area contributed by atoms with Gasteiger partial charge >= 0.3 is 6.09 Å². The van der Waals surface area contributed by atoms with E-state index in [1.807, 2.05) is 0 Å². The number of carbonyl (C=O) groups is 1. The molecule has 0 atom stereocenters. The van der Waals surface area contributed by atoms with Crippen LogP contribution in [-0.2, 0) is 13.0 Å². The van der Waals surface area contributed by atoms with Crippen LogP contribution < -0.4 is 4.74 Å². The maximum Gasteiger partial charge on any atom is 0.407 e. The van der Waals surface area contributed by atoms with E-state index in [0.717, 1.165) is 5.56 Å². The predicted molar refractivity (Wildman–Crippen MR) is 80.7 cm³/mol. The summed E-state index contributed by atoms with van der Waals surface area (Å²) in [5.41, 5.74) is 1.59.